The van der Waals surface area contributed by atoms with Crippen LogP contribution in [0.25, 0.3) is 4.91 Å². The first-order valence-electron chi connectivity index (χ1n) is 10.1. The molecule has 0 heterocycles. The minimum absolute atomic E-state index is 0.136. The van der Waals surface area contributed by atoms with Crippen molar-refractivity contribution in [3.8, 4) is 6.07 Å². The number of hydrogen-bond donors (Lipinski definition) is 0. The average Bonchev–Trinajstić information content (AvgIpc) is 2.79. The summed E-state index contributed by atoms with van der Waals surface area (Å²) >= 11 is 1.64. The van der Waals surface area contributed by atoms with Crippen molar-refractivity contribution in [2.24, 2.45) is 5.92 Å². The molecule has 3 heteroatoms. The molecule has 0 saturated heterocycles. The predicted octanol–water partition coefficient (Wildman–Crippen LogP) is 7.93. The summed E-state index contributed by atoms with van der Waals surface area (Å²) in [5.74, 6) is -0.136. The summed E-state index contributed by atoms with van der Waals surface area (Å²) in [4.78, 5) is 3.27. The van der Waals surface area contributed by atoms with Crippen molar-refractivity contribution in [3.63, 3.8) is 0 Å². The largest absolute Gasteiger partial charge is 0.310 e. The van der Waals surface area contributed by atoms with E-state index in [4.69, 9.17) is 0 Å². The Bertz CT molecular complexity index is 1010. The van der Waals surface area contributed by atoms with Gasteiger partial charge in [-0.2, -0.15) is 5.26 Å². The van der Waals surface area contributed by atoms with Crippen LogP contribution in [0.4, 0.5) is 17.1 Å². The molecule has 0 bridgehead atoms. The molecule has 3 aromatic rings. The van der Waals surface area contributed by atoms with Gasteiger partial charge in [-0.15, -0.1) is 11.8 Å². The van der Waals surface area contributed by atoms with Crippen molar-refractivity contribution in [3.05, 3.63) is 96.6 Å². The van der Waals surface area contributed by atoms with Crippen LogP contribution >= 0.6 is 11.8 Å². The van der Waals surface area contributed by atoms with E-state index in [0.717, 1.165) is 33.1 Å². The maximum absolute atomic E-state index is 9.66. The Morgan fingerprint density at radius 2 is 1.47 bits per heavy atom. The molecule has 152 valence electrons. The second-order valence-corrected chi connectivity index (χ2v) is 8.84. The number of hydrogen-bond acceptors (Lipinski definition) is 3. The zero-order valence-corrected chi connectivity index (χ0v) is 18.9. The van der Waals surface area contributed by atoms with Gasteiger partial charge in [-0.05, 0) is 60.7 Å². The van der Waals surface area contributed by atoms with E-state index < -0.39 is 0 Å². The summed E-state index contributed by atoms with van der Waals surface area (Å²) in [6.45, 7) is 10.5. The Labute approximate surface area is 184 Å². The van der Waals surface area contributed by atoms with Gasteiger partial charge in [0.2, 0.25) is 0 Å². The zero-order valence-electron chi connectivity index (χ0n) is 18.1. The summed E-state index contributed by atoms with van der Waals surface area (Å²) in [5.41, 5.74) is 5.19. The minimum Gasteiger partial charge on any atom is -0.310 e. The van der Waals surface area contributed by atoms with Gasteiger partial charge in [-0.1, -0.05) is 62.9 Å². The average molecular weight is 413 g/mol. The van der Waals surface area contributed by atoms with Gasteiger partial charge >= 0.3 is 0 Å². The molecule has 30 heavy (non-hydrogen) atoms. The van der Waals surface area contributed by atoms with Crippen molar-refractivity contribution in [2.45, 2.75) is 26.2 Å². The quantitative estimate of drug-likeness (QED) is 0.394. The maximum atomic E-state index is 9.66. The molecule has 0 radical (unpaired) electrons. The van der Waals surface area contributed by atoms with E-state index >= 15 is 0 Å². The van der Waals surface area contributed by atoms with E-state index in [1.54, 1.807) is 11.8 Å². The molecule has 3 aromatic carbocycles. The van der Waals surface area contributed by atoms with Gasteiger partial charge in [0.05, 0.1) is 12.0 Å². The molecule has 0 fully saturated rings. The smallest absolute Gasteiger partial charge is 0.0662 e. The third-order valence-electron chi connectivity index (χ3n) is 5.81. The van der Waals surface area contributed by atoms with E-state index in [2.05, 4.69) is 98.1 Å². The predicted molar refractivity (Wildman–Crippen MR) is 131 cm³/mol. The highest BCUT2D eigenvalue weighted by Crippen LogP contribution is 2.42. The van der Waals surface area contributed by atoms with Gasteiger partial charge < -0.3 is 4.90 Å². The number of benzene rings is 3. The number of nitrogens with zero attached hydrogens (tertiary/aromatic N) is 2. The van der Waals surface area contributed by atoms with Crippen molar-refractivity contribution < 1.29 is 0 Å². The van der Waals surface area contributed by atoms with Crippen LogP contribution in [0.15, 0.2) is 85.4 Å². The van der Waals surface area contributed by atoms with E-state index in [1.165, 1.54) is 0 Å². The lowest BCUT2D eigenvalue weighted by molar-refractivity contribution is 0.417. The summed E-state index contributed by atoms with van der Waals surface area (Å²) in [7, 11) is 0. The van der Waals surface area contributed by atoms with Crippen LogP contribution in [0.5, 0.6) is 0 Å². The van der Waals surface area contributed by atoms with Gasteiger partial charge in [0, 0.05) is 27.4 Å². The molecule has 3 rings (SSSR count). The van der Waals surface area contributed by atoms with Gasteiger partial charge in [0.25, 0.3) is 0 Å². The molecule has 0 aliphatic carbocycles. The van der Waals surface area contributed by atoms with Gasteiger partial charge in [0.1, 0.15) is 0 Å². The second-order valence-electron chi connectivity index (χ2n) is 7.94. The molecule has 1 unspecified atom stereocenters. The molecule has 0 aliphatic heterocycles. The zero-order chi connectivity index (χ0) is 21.7. The number of rotatable bonds is 7. The van der Waals surface area contributed by atoms with E-state index in [0.29, 0.717) is 0 Å². The third-order valence-corrected chi connectivity index (χ3v) is 6.52. The van der Waals surface area contributed by atoms with Crippen LogP contribution in [-0.2, 0) is 5.41 Å². The highest BCUT2D eigenvalue weighted by molar-refractivity contribution is 8.07. The summed E-state index contributed by atoms with van der Waals surface area (Å²) in [5, 5.41) is 9.66. The molecule has 0 aromatic heterocycles. The van der Waals surface area contributed by atoms with Crippen LogP contribution in [0.3, 0.4) is 0 Å². The molecule has 0 amide bonds. The second kappa shape index (κ2) is 9.24. The van der Waals surface area contributed by atoms with Crippen LogP contribution in [0, 0.1) is 17.2 Å². The molecule has 0 saturated carbocycles. The van der Waals surface area contributed by atoms with Crippen LogP contribution in [-0.4, -0.2) is 6.26 Å². The maximum Gasteiger partial charge on any atom is 0.0662 e. The van der Waals surface area contributed by atoms with Crippen LogP contribution in [0.2, 0.25) is 0 Å². The lowest BCUT2D eigenvalue weighted by Crippen LogP contribution is -2.27. The van der Waals surface area contributed by atoms with Crippen LogP contribution in [0.1, 0.15) is 31.9 Å². The first-order valence-corrected chi connectivity index (χ1v) is 11.3. The SMILES string of the molecule is C=C(SC)c1ccc(N(c2ccccc2)c2ccccc2)cc1C(C)(C)C(C)C#N. The standard InChI is InChI=1S/C27H28N2S/c1-20(19-28)27(3,4)26-18-24(16-17-25(26)21(2)30-5)29(22-12-8-6-9-13-22)23-14-10-7-11-15-23/h6-18,20H,2H2,1,3-5H3. The lowest BCUT2D eigenvalue weighted by Gasteiger charge is -2.33. The number of thioether (sulfide) groups is 1. The van der Waals surface area contributed by atoms with Crippen molar-refractivity contribution >= 4 is 33.7 Å². The Balaban J connectivity index is 2.24. The summed E-state index contributed by atoms with van der Waals surface area (Å²) in [6.07, 6.45) is 2.04. The van der Waals surface area contributed by atoms with Crippen molar-refractivity contribution in [1.29, 1.82) is 5.26 Å². The van der Waals surface area contributed by atoms with E-state index in [1.807, 2.05) is 25.3 Å². The fourth-order valence-corrected chi connectivity index (χ4v) is 3.95. The lowest BCUT2D eigenvalue weighted by atomic mass is 9.73. The Morgan fingerprint density at radius 1 is 0.933 bits per heavy atom. The summed E-state index contributed by atoms with van der Waals surface area (Å²) in [6, 6.07) is 29.7. The van der Waals surface area contributed by atoms with Crippen molar-refractivity contribution in [1.82, 2.24) is 0 Å². The Morgan fingerprint density at radius 3 is 1.93 bits per heavy atom. The minimum atomic E-state index is -0.322. The monoisotopic (exact) mass is 412 g/mol. The number of anilines is 3. The molecule has 0 N–H and O–H groups in total. The Hall–Kier alpha value is -2.96. The van der Waals surface area contributed by atoms with Gasteiger partial charge in [0.15, 0.2) is 0 Å². The molecular weight excluding hydrogens is 384 g/mol. The third kappa shape index (κ3) is 4.30. The molecular formula is C27H28N2S. The van der Waals surface area contributed by atoms with Gasteiger partial charge in [-0.3, -0.25) is 0 Å². The highest BCUT2D eigenvalue weighted by atomic mass is 32.2. The van der Waals surface area contributed by atoms with E-state index in [-0.39, 0.29) is 11.3 Å². The first-order chi connectivity index (χ1) is 14.4. The summed E-state index contributed by atoms with van der Waals surface area (Å²) < 4.78 is 0. The fourth-order valence-electron chi connectivity index (χ4n) is 3.55. The Kier molecular flexibility index (Phi) is 6.70. The first kappa shape index (κ1) is 21.7. The van der Waals surface area contributed by atoms with Crippen LogP contribution < -0.4 is 4.90 Å². The fraction of sp³-hybridized carbons (Fsp3) is 0.222. The van der Waals surface area contributed by atoms with Gasteiger partial charge in [-0.25, -0.2) is 0 Å². The number of nitriles is 1. The number of para-hydroxylation sites is 2. The molecule has 0 spiro atoms. The normalized spacial score (nSPS) is 12.1. The van der Waals surface area contributed by atoms with Crippen molar-refractivity contribution in [2.75, 3.05) is 11.2 Å². The molecule has 1 atom stereocenters. The molecule has 0 aliphatic rings. The van der Waals surface area contributed by atoms with E-state index in [9.17, 15) is 5.26 Å². The topological polar surface area (TPSA) is 27.0 Å². The molecule has 2 nitrogen and oxygen atoms in total. The highest BCUT2D eigenvalue weighted by Gasteiger charge is 2.31.